The summed E-state index contributed by atoms with van der Waals surface area (Å²) >= 11 is 7.50. The van der Waals surface area contributed by atoms with E-state index < -0.39 is 5.38 Å². The van der Waals surface area contributed by atoms with Crippen molar-refractivity contribution in [2.75, 3.05) is 5.32 Å². The maximum absolute atomic E-state index is 12.0. The van der Waals surface area contributed by atoms with E-state index in [0.717, 1.165) is 23.4 Å². The molecule has 1 N–H and O–H groups in total. The van der Waals surface area contributed by atoms with E-state index in [9.17, 15) is 4.79 Å². The Kier molecular flexibility index (Phi) is 4.87. The highest BCUT2D eigenvalue weighted by Gasteiger charge is 2.18. The molecule has 0 saturated carbocycles. The van der Waals surface area contributed by atoms with Crippen LogP contribution >= 0.6 is 22.9 Å². The molecular formula is C13H14ClN3OS. The van der Waals surface area contributed by atoms with E-state index in [0.29, 0.717) is 5.13 Å². The van der Waals surface area contributed by atoms with Crippen LogP contribution in [0.25, 0.3) is 0 Å². The summed E-state index contributed by atoms with van der Waals surface area (Å²) in [6.45, 7) is 2.07. The number of carbonyl (C=O) groups excluding carboxylic acids is 1. The van der Waals surface area contributed by atoms with Gasteiger partial charge in [0.1, 0.15) is 10.4 Å². The fourth-order valence-electron chi connectivity index (χ4n) is 1.56. The maximum atomic E-state index is 12.0. The van der Waals surface area contributed by atoms with Crippen molar-refractivity contribution >= 4 is 34.0 Å². The molecule has 1 aromatic carbocycles. The molecular weight excluding hydrogens is 282 g/mol. The van der Waals surface area contributed by atoms with Crippen molar-refractivity contribution in [3.8, 4) is 0 Å². The van der Waals surface area contributed by atoms with Crippen molar-refractivity contribution in [2.45, 2.75) is 25.1 Å². The van der Waals surface area contributed by atoms with Gasteiger partial charge in [-0.15, -0.1) is 21.8 Å². The van der Waals surface area contributed by atoms with E-state index in [-0.39, 0.29) is 5.91 Å². The second-order valence-electron chi connectivity index (χ2n) is 4.01. The predicted molar refractivity (Wildman–Crippen MR) is 77.6 cm³/mol. The molecule has 0 aliphatic heterocycles. The first-order valence-electron chi connectivity index (χ1n) is 6.03. The van der Waals surface area contributed by atoms with Crippen LogP contribution in [0, 0.1) is 0 Å². The third-order valence-corrected chi connectivity index (χ3v) is 3.83. The Morgan fingerprint density at radius 3 is 2.79 bits per heavy atom. The quantitative estimate of drug-likeness (QED) is 0.860. The Balaban J connectivity index is 2.00. The Bertz CT molecular complexity index is 544. The van der Waals surface area contributed by atoms with E-state index >= 15 is 0 Å². The molecule has 0 fully saturated rings. The van der Waals surface area contributed by atoms with Crippen molar-refractivity contribution < 1.29 is 4.79 Å². The molecule has 0 spiro atoms. The number of benzene rings is 1. The van der Waals surface area contributed by atoms with E-state index in [1.54, 1.807) is 0 Å². The van der Waals surface area contributed by atoms with Crippen LogP contribution < -0.4 is 5.32 Å². The lowest BCUT2D eigenvalue weighted by molar-refractivity contribution is -0.116. The average Bonchev–Trinajstić information content (AvgIpc) is 2.86. The van der Waals surface area contributed by atoms with Gasteiger partial charge in [0.2, 0.25) is 11.0 Å². The highest BCUT2D eigenvalue weighted by molar-refractivity contribution is 7.15. The summed E-state index contributed by atoms with van der Waals surface area (Å²) in [6, 6.07) is 9.22. The third-order valence-electron chi connectivity index (χ3n) is 2.48. The van der Waals surface area contributed by atoms with Gasteiger partial charge in [-0.05, 0) is 12.0 Å². The van der Waals surface area contributed by atoms with Crippen molar-refractivity contribution in [3.05, 3.63) is 40.9 Å². The molecule has 2 aromatic rings. The molecule has 6 heteroatoms. The third kappa shape index (κ3) is 3.75. The van der Waals surface area contributed by atoms with Gasteiger partial charge in [-0.25, -0.2) is 0 Å². The number of carbonyl (C=O) groups is 1. The molecule has 0 aliphatic carbocycles. The van der Waals surface area contributed by atoms with Crippen molar-refractivity contribution in [3.63, 3.8) is 0 Å². The number of aromatic nitrogens is 2. The number of hydrogen-bond donors (Lipinski definition) is 1. The Labute approximate surface area is 120 Å². The number of hydrogen-bond acceptors (Lipinski definition) is 4. The fourth-order valence-corrected chi connectivity index (χ4v) is 2.61. The SMILES string of the molecule is CCCc1nnc(NC(=O)C(Cl)c2ccccc2)s1. The Hall–Kier alpha value is -1.46. The van der Waals surface area contributed by atoms with Gasteiger partial charge in [-0.3, -0.25) is 10.1 Å². The van der Waals surface area contributed by atoms with Crippen LogP contribution in [0.3, 0.4) is 0 Å². The van der Waals surface area contributed by atoms with E-state index in [2.05, 4.69) is 22.4 Å². The summed E-state index contributed by atoms with van der Waals surface area (Å²) in [4.78, 5) is 12.0. The van der Waals surface area contributed by atoms with Gasteiger partial charge >= 0.3 is 0 Å². The molecule has 1 atom stereocenters. The number of alkyl halides is 1. The monoisotopic (exact) mass is 295 g/mol. The second-order valence-corrected chi connectivity index (χ2v) is 5.51. The van der Waals surface area contributed by atoms with Gasteiger partial charge in [-0.2, -0.15) is 0 Å². The topological polar surface area (TPSA) is 54.9 Å². The summed E-state index contributed by atoms with van der Waals surface area (Å²) in [5.41, 5.74) is 0.764. The van der Waals surface area contributed by atoms with Gasteiger partial charge in [0.15, 0.2) is 0 Å². The first kappa shape index (κ1) is 14.0. The lowest BCUT2D eigenvalue weighted by Gasteiger charge is -2.08. The van der Waals surface area contributed by atoms with Crippen LogP contribution in [0.1, 0.15) is 29.3 Å². The van der Waals surface area contributed by atoms with Gasteiger partial charge < -0.3 is 0 Å². The van der Waals surface area contributed by atoms with E-state index in [1.165, 1.54) is 11.3 Å². The molecule has 0 aliphatic rings. The zero-order valence-corrected chi connectivity index (χ0v) is 12.0. The van der Waals surface area contributed by atoms with Gasteiger partial charge in [0.05, 0.1) is 0 Å². The number of nitrogens with one attached hydrogen (secondary N) is 1. The van der Waals surface area contributed by atoms with Crippen LogP contribution in [0.15, 0.2) is 30.3 Å². The summed E-state index contributed by atoms with van der Waals surface area (Å²) in [5, 5.41) is 11.3. The first-order valence-corrected chi connectivity index (χ1v) is 7.28. The summed E-state index contributed by atoms with van der Waals surface area (Å²) < 4.78 is 0. The number of nitrogens with zero attached hydrogens (tertiary/aromatic N) is 2. The Morgan fingerprint density at radius 1 is 1.37 bits per heavy atom. The molecule has 1 aromatic heterocycles. The highest BCUT2D eigenvalue weighted by Crippen LogP contribution is 2.23. The average molecular weight is 296 g/mol. The van der Waals surface area contributed by atoms with Crippen LogP contribution in [-0.2, 0) is 11.2 Å². The lowest BCUT2D eigenvalue weighted by atomic mass is 10.1. The Morgan fingerprint density at radius 2 is 2.11 bits per heavy atom. The minimum absolute atomic E-state index is 0.285. The van der Waals surface area contributed by atoms with Gasteiger partial charge in [-0.1, -0.05) is 48.6 Å². The molecule has 2 rings (SSSR count). The first-order chi connectivity index (χ1) is 9.20. The van der Waals surface area contributed by atoms with Gasteiger partial charge in [0, 0.05) is 6.42 Å². The molecule has 1 amide bonds. The molecule has 1 heterocycles. The van der Waals surface area contributed by atoms with Crippen LogP contribution in [0.2, 0.25) is 0 Å². The van der Waals surface area contributed by atoms with Crippen molar-refractivity contribution in [1.82, 2.24) is 10.2 Å². The molecule has 1 unspecified atom stereocenters. The van der Waals surface area contributed by atoms with Gasteiger partial charge in [0.25, 0.3) is 0 Å². The fraction of sp³-hybridized carbons (Fsp3) is 0.308. The zero-order valence-electron chi connectivity index (χ0n) is 10.5. The molecule has 4 nitrogen and oxygen atoms in total. The smallest absolute Gasteiger partial charge is 0.248 e. The molecule has 0 radical (unpaired) electrons. The second kappa shape index (κ2) is 6.63. The van der Waals surface area contributed by atoms with E-state index in [4.69, 9.17) is 11.6 Å². The minimum Gasteiger partial charge on any atom is -0.299 e. The number of amides is 1. The largest absolute Gasteiger partial charge is 0.299 e. The lowest BCUT2D eigenvalue weighted by Crippen LogP contribution is -2.17. The summed E-state index contributed by atoms with van der Waals surface area (Å²) in [6.07, 6.45) is 1.88. The van der Waals surface area contributed by atoms with Crippen LogP contribution in [-0.4, -0.2) is 16.1 Å². The van der Waals surface area contributed by atoms with E-state index in [1.807, 2.05) is 30.3 Å². The van der Waals surface area contributed by atoms with Crippen LogP contribution in [0.5, 0.6) is 0 Å². The normalized spacial score (nSPS) is 12.1. The molecule has 100 valence electrons. The van der Waals surface area contributed by atoms with Crippen LogP contribution in [0.4, 0.5) is 5.13 Å². The van der Waals surface area contributed by atoms with Crippen molar-refractivity contribution in [1.29, 1.82) is 0 Å². The number of halogens is 1. The molecule has 0 saturated heterocycles. The standard InChI is InChI=1S/C13H14ClN3OS/c1-2-6-10-16-17-13(19-10)15-12(18)11(14)9-7-4-3-5-8-9/h3-5,7-8,11H,2,6H2,1H3,(H,15,17,18). The summed E-state index contributed by atoms with van der Waals surface area (Å²) in [5.74, 6) is -0.285. The predicted octanol–water partition coefficient (Wildman–Crippen LogP) is 3.41. The highest BCUT2D eigenvalue weighted by atomic mass is 35.5. The molecule has 0 bridgehead atoms. The zero-order chi connectivity index (χ0) is 13.7. The number of rotatable bonds is 5. The molecule has 19 heavy (non-hydrogen) atoms. The maximum Gasteiger partial charge on any atom is 0.248 e. The minimum atomic E-state index is -0.722. The number of anilines is 1. The number of aryl methyl sites for hydroxylation is 1. The van der Waals surface area contributed by atoms with Crippen molar-refractivity contribution in [2.24, 2.45) is 0 Å². The summed E-state index contributed by atoms with van der Waals surface area (Å²) in [7, 11) is 0.